The van der Waals surface area contributed by atoms with Crippen molar-refractivity contribution in [1.82, 2.24) is 0 Å². The van der Waals surface area contributed by atoms with Crippen molar-refractivity contribution in [2.24, 2.45) is 0 Å². The zero-order chi connectivity index (χ0) is 19.6. The lowest BCUT2D eigenvalue weighted by atomic mass is 9.87. The standard InChI is InChI=1S/C19H15Cl3O5/c20-13-5-1-11(2-6-13)17(23)19(25)9-16(22)27-15(19)10-26-18(24)12-3-7-14(21)8-4-12/h1-8,15-16,25H,9-10H2/t15?,16?,19-/m0/s1. The highest BCUT2D eigenvalue weighted by molar-refractivity contribution is 6.31. The number of rotatable bonds is 5. The molecule has 0 amide bonds. The normalized spacial score (nSPS) is 24.6. The van der Waals surface area contributed by atoms with E-state index in [4.69, 9.17) is 44.3 Å². The maximum atomic E-state index is 12.8. The minimum absolute atomic E-state index is 0.126. The number of ketones is 1. The molecule has 142 valence electrons. The van der Waals surface area contributed by atoms with Crippen LogP contribution in [0.2, 0.25) is 10.0 Å². The molecule has 0 radical (unpaired) electrons. The van der Waals surface area contributed by atoms with Gasteiger partial charge in [-0.1, -0.05) is 34.8 Å². The molecular formula is C19H15Cl3O5. The molecule has 1 aliphatic heterocycles. The van der Waals surface area contributed by atoms with Gasteiger partial charge in [0.1, 0.15) is 18.3 Å². The molecule has 0 spiro atoms. The first-order chi connectivity index (χ1) is 12.8. The van der Waals surface area contributed by atoms with E-state index in [9.17, 15) is 14.7 Å². The molecule has 3 rings (SSSR count). The molecule has 0 aromatic heterocycles. The monoisotopic (exact) mass is 428 g/mol. The zero-order valence-electron chi connectivity index (χ0n) is 13.9. The molecule has 1 fully saturated rings. The van der Waals surface area contributed by atoms with Crippen LogP contribution in [0, 0.1) is 0 Å². The van der Waals surface area contributed by atoms with Crippen LogP contribution in [0.15, 0.2) is 48.5 Å². The van der Waals surface area contributed by atoms with E-state index in [0.29, 0.717) is 10.0 Å². The number of Topliss-reactive ketones (excluding diaryl/α,β-unsaturated/α-hetero) is 1. The van der Waals surface area contributed by atoms with Crippen LogP contribution >= 0.6 is 34.8 Å². The average Bonchev–Trinajstić information content (AvgIpc) is 2.95. The van der Waals surface area contributed by atoms with E-state index in [1.807, 2.05) is 0 Å². The topological polar surface area (TPSA) is 72.8 Å². The van der Waals surface area contributed by atoms with Gasteiger partial charge < -0.3 is 14.6 Å². The van der Waals surface area contributed by atoms with Crippen LogP contribution < -0.4 is 0 Å². The summed E-state index contributed by atoms with van der Waals surface area (Å²) in [5, 5.41) is 11.9. The largest absolute Gasteiger partial charge is 0.459 e. The van der Waals surface area contributed by atoms with Crippen molar-refractivity contribution >= 4 is 46.6 Å². The lowest BCUT2D eigenvalue weighted by Gasteiger charge is -2.26. The number of carbonyl (C=O) groups is 2. The molecule has 5 nitrogen and oxygen atoms in total. The Hall–Kier alpha value is -1.63. The fourth-order valence-electron chi connectivity index (χ4n) is 2.80. The Bertz CT molecular complexity index is 837. The summed E-state index contributed by atoms with van der Waals surface area (Å²) in [6.45, 7) is -0.333. The van der Waals surface area contributed by atoms with E-state index in [1.54, 1.807) is 24.3 Å². The maximum absolute atomic E-state index is 12.8. The molecule has 8 heteroatoms. The third-order valence-corrected chi connectivity index (χ3v) is 5.02. The Morgan fingerprint density at radius 1 is 1.04 bits per heavy atom. The van der Waals surface area contributed by atoms with Crippen LogP contribution in [-0.4, -0.2) is 40.7 Å². The van der Waals surface area contributed by atoms with E-state index >= 15 is 0 Å². The summed E-state index contributed by atoms with van der Waals surface area (Å²) in [6.07, 6.45) is -1.22. The molecule has 27 heavy (non-hydrogen) atoms. The fraction of sp³-hybridized carbons (Fsp3) is 0.263. The lowest BCUT2D eigenvalue weighted by molar-refractivity contribution is -0.0538. The molecule has 1 saturated heterocycles. The Labute approximate surface area is 170 Å². The molecule has 2 aromatic carbocycles. The van der Waals surface area contributed by atoms with Gasteiger partial charge >= 0.3 is 5.97 Å². The number of halogens is 3. The number of esters is 1. The Kier molecular flexibility index (Phi) is 6.08. The number of hydrogen-bond acceptors (Lipinski definition) is 5. The van der Waals surface area contributed by atoms with Gasteiger partial charge in [0.2, 0.25) is 0 Å². The quantitative estimate of drug-likeness (QED) is 0.440. The first-order valence-corrected chi connectivity index (χ1v) is 9.24. The summed E-state index contributed by atoms with van der Waals surface area (Å²) in [4.78, 5) is 24.9. The number of alkyl halides is 1. The van der Waals surface area contributed by atoms with E-state index in [2.05, 4.69) is 0 Å². The minimum Gasteiger partial charge on any atom is -0.459 e. The van der Waals surface area contributed by atoms with Crippen molar-refractivity contribution in [3.8, 4) is 0 Å². The molecule has 2 aromatic rings. The Balaban J connectivity index is 1.73. The summed E-state index contributed by atoms with van der Waals surface area (Å²) in [5.41, 5.74) is -2.26. The molecule has 1 N–H and O–H groups in total. The third kappa shape index (κ3) is 4.45. The number of carbonyl (C=O) groups excluding carboxylic acids is 2. The fourth-order valence-corrected chi connectivity index (χ4v) is 3.41. The zero-order valence-corrected chi connectivity index (χ0v) is 16.2. The molecule has 0 aliphatic carbocycles. The van der Waals surface area contributed by atoms with Gasteiger partial charge in [-0.3, -0.25) is 4.79 Å². The van der Waals surface area contributed by atoms with E-state index in [1.165, 1.54) is 24.3 Å². The van der Waals surface area contributed by atoms with Crippen LogP contribution in [0.3, 0.4) is 0 Å². The van der Waals surface area contributed by atoms with Gasteiger partial charge in [0.25, 0.3) is 0 Å². The van der Waals surface area contributed by atoms with Crippen LogP contribution in [0.25, 0.3) is 0 Å². The van der Waals surface area contributed by atoms with Crippen LogP contribution in [0.1, 0.15) is 27.1 Å². The second-order valence-electron chi connectivity index (χ2n) is 6.10. The van der Waals surface area contributed by atoms with Gasteiger partial charge in [-0.15, -0.1) is 0 Å². The molecule has 0 bridgehead atoms. The number of aliphatic hydroxyl groups is 1. The van der Waals surface area contributed by atoms with Gasteiger partial charge in [0.05, 0.1) is 5.56 Å². The van der Waals surface area contributed by atoms with E-state index in [-0.39, 0.29) is 24.2 Å². The first kappa shape index (κ1) is 20.1. The average molecular weight is 430 g/mol. The van der Waals surface area contributed by atoms with Crippen LogP contribution in [0.5, 0.6) is 0 Å². The third-order valence-electron chi connectivity index (χ3n) is 4.26. The second-order valence-corrected chi connectivity index (χ2v) is 7.46. The SMILES string of the molecule is O=C(OCC1OC(Cl)C[C@@]1(O)C(=O)c1ccc(Cl)cc1)c1ccc(Cl)cc1. The summed E-state index contributed by atoms with van der Waals surface area (Å²) >= 11 is 17.6. The number of benzene rings is 2. The summed E-state index contributed by atoms with van der Waals surface area (Å²) in [6, 6.07) is 12.2. The van der Waals surface area contributed by atoms with Gasteiger partial charge in [0, 0.05) is 22.0 Å². The highest BCUT2D eigenvalue weighted by Gasteiger charge is 2.53. The molecule has 1 heterocycles. The van der Waals surface area contributed by atoms with Crippen molar-refractivity contribution in [3.05, 3.63) is 69.7 Å². The summed E-state index contributed by atoms with van der Waals surface area (Å²) < 4.78 is 10.6. The van der Waals surface area contributed by atoms with Crippen molar-refractivity contribution in [2.75, 3.05) is 6.61 Å². The highest BCUT2D eigenvalue weighted by atomic mass is 35.5. The molecule has 2 unspecified atom stereocenters. The molecular weight excluding hydrogens is 415 g/mol. The van der Waals surface area contributed by atoms with Crippen LogP contribution in [-0.2, 0) is 9.47 Å². The molecule has 3 atom stereocenters. The van der Waals surface area contributed by atoms with Crippen molar-refractivity contribution in [2.45, 2.75) is 23.7 Å². The van der Waals surface area contributed by atoms with Gasteiger partial charge in [-0.2, -0.15) is 0 Å². The lowest BCUT2D eigenvalue weighted by Crippen LogP contribution is -2.48. The summed E-state index contributed by atoms with van der Waals surface area (Å²) in [7, 11) is 0. The minimum atomic E-state index is -1.92. The Morgan fingerprint density at radius 3 is 2.11 bits per heavy atom. The van der Waals surface area contributed by atoms with Gasteiger partial charge in [-0.25, -0.2) is 4.79 Å². The smallest absolute Gasteiger partial charge is 0.338 e. The van der Waals surface area contributed by atoms with Crippen molar-refractivity contribution in [1.29, 1.82) is 0 Å². The second kappa shape index (κ2) is 8.17. The van der Waals surface area contributed by atoms with Crippen molar-refractivity contribution in [3.63, 3.8) is 0 Å². The van der Waals surface area contributed by atoms with E-state index < -0.39 is 29.0 Å². The molecule has 1 aliphatic rings. The first-order valence-electron chi connectivity index (χ1n) is 8.04. The maximum Gasteiger partial charge on any atom is 0.338 e. The Morgan fingerprint density at radius 2 is 1.56 bits per heavy atom. The predicted octanol–water partition coefficient (Wildman–Crippen LogP) is 4.12. The van der Waals surface area contributed by atoms with E-state index in [0.717, 1.165) is 0 Å². The van der Waals surface area contributed by atoms with Gasteiger partial charge in [-0.05, 0) is 48.5 Å². The van der Waals surface area contributed by atoms with Crippen molar-refractivity contribution < 1.29 is 24.2 Å². The van der Waals surface area contributed by atoms with Crippen LogP contribution in [0.4, 0.5) is 0 Å². The molecule has 0 saturated carbocycles. The van der Waals surface area contributed by atoms with Gasteiger partial charge in [0.15, 0.2) is 11.4 Å². The summed E-state index contributed by atoms with van der Waals surface area (Å²) in [5.74, 6) is -1.20. The number of hydrogen-bond donors (Lipinski definition) is 1. The number of ether oxygens (including phenoxy) is 2. The highest BCUT2D eigenvalue weighted by Crippen LogP contribution is 2.36. The predicted molar refractivity (Wildman–Crippen MR) is 102 cm³/mol.